The van der Waals surface area contributed by atoms with Crippen LogP contribution in [0.2, 0.25) is 10.0 Å². The topological polar surface area (TPSA) is 69.3 Å². The smallest absolute Gasteiger partial charge is 0.292 e. The Bertz CT molecular complexity index is 1260. The molecule has 4 aromatic rings. The molecule has 0 radical (unpaired) electrons. The number of allylic oxidation sites excluding steroid dienone is 1. The summed E-state index contributed by atoms with van der Waals surface area (Å²) < 4.78 is 13.1. The molecule has 8 heteroatoms. The van der Waals surface area contributed by atoms with Gasteiger partial charge in [-0.25, -0.2) is 0 Å². The van der Waals surface area contributed by atoms with E-state index < -0.39 is 5.91 Å². The number of carbonyl (C=O) groups is 1. The number of para-hydroxylation sites is 1. The lowest BCUT2D eigenvalue weighted by molar-refractivity contribution is 0.0992. The highest BCUT2D eigenvalue weighted by Crippen LogP contribution is 2.23. The van der Waals surface area contributed by atoms with Gasteiger partial charge in [-0.2, -0.15) is 5.10 Å². The molecule has 33 heavy (non-hydrogen) atoms. The zero-order valence-corrected chi connectivity index (χ0v) is 19.1. The highest BCUT2D eigenvalue weighted by molar-refractivity contribution is 6.33. The van der Waals surface area contributed by atoms with Crippen LogP contribution in [0.15, 0.2) is 83.9 Å². The summed E-state index contributed by atoms with van der Waals surface area (Å²) in [6.45, 7) is 4.45. The number of ether oxygens (including phenoxy) is 1. The van der Waals surface area contributed by atoms with Gasteiger partial charge < -0.3 is 14.5 Å². The molecule has 0 fully saturated rings. The maximum absolute atomic E-state index is 12.6. The first-order valence-electron chi connectivity index (χ1n) is 10.2. The highest BCUT2D eigenvalue weighted by atomic mass is 35.5. The molecule has 4 rings (SSSR count). The maximum Gasteiger partial charge on any atom is 0.292 e. The number of benzene rings is 2. The van der Waals surface area contributed by atoms with Crippen LogP contribution in [-0.2, 0) is 19.6 Å². The largest absolute Gasteiger partial charge is 0.485 e. The quantitative estimate of drug-likeness (QED) is 0.281. The van der Waals surface area contributed by atoms with E-state index in [1.54, 1.807) is 35.1 Å². The van der Waals surface area contributed by atoms with E-state index >= 15 is 0 Å². The summed E-state index contributed by atoms with van der Waals surface area (Å²) >= 11 is 12.2. The molecule has 1 amide bonds. The van der Waals surface area contributed by atoms with E-state index in [1.165, 1.54) is 0 Å². The predicted octanol–water partition coefficient (Wildman–Crippen LogP) is 6.39. The molecule has 2 aromatic carbocycles. The van der Waals surface area contributed by atoms with Crippen LogP contribution < -0.4 is 10.1 Å². The van der Waals surface area contributed by atoms with Gasteiger partial charge in [0.15, 0.2) is 11.6 Å². The van der Waals surface area contributed by atoms with E-state index in [-0.39, 0.29) is 18.2 Å². The number of nitrogens with zero attached hydrogens (tertiary/aromatic N) is 2. The van der Waals surface area contributed by atoms with E-state index in [4.69, 9.17) is 32.4 Å². The van der Waals surface area contributed by atoms with Crippen LogP contribution in [0.3, 0.4) is 0 Å². The van der Waals surface area contributed by atoms with E-state index in [1.807, 2.05) is 42.5 Å². The van der Waals surface area contributed by atoms with Gasteiger partial charge in [0, 0.05) is 11.2 Å². The Morgan fingerprint density at radius 2 is 1.91 bits per heavy atom. The number of aromatic nitrogens is 2. The molecular formula is C25H21Cl2N3O3. The van der Waals surface area contributed by atoms with Crippen molar-refractivity contribution >= 4 is 34.9 Å². The van der Waals surface area contributed by atoms with Crippen LogP contribution in [0.25, 0.3) is 0 Å². The Hall–Kier alpha value is -3.48. The fourth-order valence-electron chi connectivity index (χ4n) is 3.20. The van der Waals surface area contributed by atoms with E-state index in [9.17, 15) is 4.79 Å². The van der Waals surface area contributed by atoms with Crippen LogP contribution in [0.4, 0.5) is 5.82 Å². The molecule has 2 aromatic heterocycles. The molecular weight excluding hydrogens is 461 g/mol. The summed E-state index contributed by atoms with van der Waals surface area (Å²) in [5.74, 6) is 1.21. The van der Waals surface area contributed by atoms with Crippen molar-refractivity contribution in [2.24, 2.45) is 0 Å². The van der Waals surface area contributed by atoms with Gasteiger partial charge in [-0.15, -0.1) is 6.58 Å². The molecule has 0 atom stereocenters. The molecule has 0 bridgehead atoms. The summed E-state index contributed by atoms with van der Waals surface area (Å²) in [5, 5.41) is 8.02. The van der Waals surface area contributed by atoms with E-state index in [0.717, 1.165) is 16.9 Å². The minimum absolute atomic E-state index is 0.135. The Morgan fingerprint density at radius 3 is 2.70 bits per heavy atom. The standard InChI is InChI=1S/C25H21Cl2N3O3/c1-2-5-18-6-3-4-7-22(18)32-16-20-12-13-23(33-20)25(31)28-24-21(27)15-30(29-24)14-17-8-10-19(26)11-9-17/h2-4,6-13,15H,1,5,14,16H2,(H,28,29,31). The number of hydrogen-bond acceptors (Lipinski definition) is 4. The summed E-state index contributed by atoms with van der Waals surface area (Å²) in [6.07, 6.45) is 4.17. The monoisotopic (exact) mass is 481 g/mol. The number of halogens is 2. The van der Waals surface area contributed by atoms with Crippen molar-refractivity contribution in [1.82, 2.24) is 9.78 Å². The van der Waals surface area contributed by atoms with Crippen molar-refractivity contribution < 1.29 is 13.9 Å². The first-order valence-corrected chi connectivity index (χ1v) is 11.0. The maximum atomic E-state index is 12.6. The van der Waals surface area contributed by atoms with Crippen molar-refractivity contribution in [2.45, 2.75) is 19.6 Å². The zero-order valence-electron chi connectivity index (χ0n) is 17.6. The average Bonchev–Trinajstić information content (AvgIpc) is 3.42. The number of rotatable bonds is 9. The molecule has 1 N–H and O–H groups in total. The summed E-state index contributed by atoms with van der Waals surface area (Å²) in [7, 11) is 0. The van der Waals surface area contributed by atoms with Crippen molar-refractivity contribution in [3.05, 3.63) is 112 Å². The lowest BCUT2D eigenvalue weighted by Gasteiger charge is -2.08. The van der Waals surface area contributed by atoms with Crippen LogP contribution >= 0.6 is 23.2 Å². The van der Waals surface area contributed by atoms with Crippen LogP contribution in [0.1, 0.15) is 27.4 Å². The number of nitrogens with one attached hydrogen (secondary N) is 1. The number of furan rings is 1. The van der Waals surface area contributed by atoms with Gasteiger partial charge in [0.25, 0.3) is 5.91 Å². The third-order valence-corrected chi connectivity index (χ3v) is 5.33. The number of carbonyl (C=O) groups excluding carboxylic acids is 1. The Labute approximate surface area is 201 Å². The summed E-state index contributed by atoms with van der Waals surface area (Å²) in [5.41, 5.74) is 2.03. The van der Waals surface area contributed by atoms with Gasteiger partial charge in [0.2, 0.25) is 0 Å². The Kier molecular flexibility index (Phi) is 7.17. The molecule has 168 valence electrons. The molecule has 0 unspecified atom stereocenters. The first-order chi connectivity index (χ1) is 16.0. The molecule has 0 aliphatic carbocycles. The van der Waals surface area contributed by atoms with Gasteiger partial charge in [0.05, 0.1) is 6.54 Å². The highest BCUT2D eigenvalue weighted by Gasteiger charge is 2.16. The Morgan fingerprint density at radius 1 is 1.12 bits per heavy atom. The van der Waals surface area contributed by atoms with E-state index in [0.29, 0.717) is 28.8 Å². The number of amides is 1. The zero-order chi connectivity index (χ0) is 23.2. The lowest BCUT2D eigenvalue weighted by atomic mass is 10.1. The van der Waals surface area contributed by atoms with Gasteiger partial charge in [-0.05, 0) is 47.9 Å². The average molecular weight is 482 g/mol. The predicted molar refractivity (Wildman–Crippen MR) is 129 cm³/mol. The fourth-order valence-corrected chi connectivity index (χ4v) is 3.53. The number of hydrogen-bond donors (Lipinski definition) is 1. The number of anilines is 1. The van der Waals surface area contributed by atoms with Crippen molar-refractivity contribution in [3.63, 3.8) is 0 Å². The normalized spacial score (nSPS) is 10.7. The van der Waals surface area contributed by atoms with Crippen molar-refractivity contribution in [3.8, 4) is 5.75 Å². The van der Waals surface area contributed by atoms with E-state index in [2.05, 4.69) is 17.0 Å². The van der Waals surface area contributed by atoms with Gasteiger partial charge in [-0.1, -0.05) is 59.6 Å². The van der Waals surface area contributed by atoms with Crippen LogP contribution in [0, 0.1) is 0 Å². The van der Waals surface area contributed by atoms with Crippen molar-refractivity contribution in [1.29, 1.82) is 0 Å². The lowest BCUT2D eigenvalue weighted by Crippen LogP contribution is -2.12. The van der Waals surface area contributed by atoms with Gasteiger partial charge in [0.1, 0.15) is 23.1 Å². The minimum Gasteiger partial charge on any atom is -0.485 e. The van der Waals surface area contributed by atoms with Crippen LogP contribution in [-0.4, -0.2) is 15.7 Å². The van der Waals surface area contributed by atoms with Gasteiger partial charge >= 0.3 is 0 Å². The molecule has 0 saturated carbocycles. The fraction of sp³-hybridized carbons (Fsp3) is 0.120. The molecule has 0 spiro atoms. The summed E-state index contributed by atoms with van der Waals surface area (Å²) in [6, 6.07) is 18.4. The molecule has 6 nitrogen and oxygen atoms in total. The Balaban J connectivity index is 1.37. The van der Waals surface area contributed by atoms with Crippen LogP contribution in [0.5, 0.6) is 5.75 Å². The third-order valence-electron chi connectivity index (χ3n) is 4.80. The van der Waals surface area contributed by atoms with Gasteiger partial charge in [-0.3, -0.25) is 9.48 Å². The molecule has 0 aliphatic heterocycles. The second kappa shape index (κ2) is 10.4. The van der Waals surface area contributed by atoms with Crippen molar-refractivity contribution in [2.75, 3.05) is 5.32 Å². The SMILES string of the molecule is C=CCc1ccccc1OCc1ccc(C(=O)Nc2nn(Cc3ccc(Cl)cc3)cc2Cl)o1. The second-order valence-corrected chi connectivity index (χ2v) is 8.10. The second-order valence-electron chi connectivity index (χ2n) is 7.26. The molecule has 2 heterocycles. The molecule has 0 saturated heterocycles. The third kappa shape index (κ3) is 5.86. The summed E-state index contributed by atoms with van der Waals surface area (Å²) in [4.78, 5) is 12.6. The minimum atomic E-state index is -0.452. The molecule has 0 aliphatic rings. The first kappa shape index (κ1) is 22.7.